The van der Waals surface area contributed by atoms with E-state index < -0.39 is 25.6 Å². The van der Waals surface area contributed by atoms with Crippen LogP contribution in [-0.4, -0.2) is 150 Å². The number of hydrogen-bond donors (Lipinski definition) is 3. The van der Waals surface area contributed by atoms with E-state index in [4.69, 9.17) is 80.6 Å². The summed E-state index contributed by atoms with van der Waals surface area (Å²) in [6.45, 7) is 4.16. The van der Waals surface area contributed by atoms with Crippen LogP contribution in [0.1, 0.15) is 92.8 Å². The average molecular weight is 1220 g/mol. The van der Waals surface area contributed by atoms with Crippen molar-refractivity contribution < 1.29 is 54.8 Å². The van der Waals surface area contributed by atoms with Crippen molar-refractivity contribution in [2.75, 3.05) is 94.1 Å². The summed E-state index contributed by atoms with van der Waals surface area (Å²) in [5, 5.41) is 2.24. The van der Waals surface area contributed by atoms with E-state index >= 15 is 0 Å². The summed E-state index contributed by atoms with van der Waals surface area (Å²) in [7, 11) is 0.318. The zero-order valence-corrected chi connectivity index (χ0v) is 50.2. The molecule has 4 N–H and O–H groups in total. The summed E-state index contributed by atoms with van der Waals surface area (Å²) in [6.07, 6.45) is 4.06. The van der Waals surface area contributed by atoms with Gasteiger partial charge in [0.1, 0.15) is 35.3 Å². The first-order valence-electron chi connectivity index (χ1n) is 26.5. The zero-order valence-electron chi connectivity index (χ0n) is 45.6. The largest absolute Gasteiger partial charge is 0.484 e. The van der Waals surface area contributed by atoms with Crippen molar-refractivity contribution in [1.29, 1.82) is 0 Å². The molecule has 4 aromatic rings. The topological polar surface area (TPSA) is 214 Å². The van der Waals surface area contributed by atoms with Gasteiger partial charge in [-0.3, -0.25) is 9.59 Å². The first-order chi connectivity index (χ1) is 37.5. The number of sulfonamides is 2. The maximum atomic E-state index is 12.9. The van der Waals surface area contributed by atoms with E-state index in [9.17, 15) is 26.4 Å². The minimum absolute atomic E-state index is 0.0191. The van der Waals surface area contributed by atoms with Gasteiger partial charge in [-0.1, -0.05) is 46.4 Å². The van der Waals surface area contributed by atoms with Crippen molar-refractivity contribution in [2.24, 2.45) is 5.73 Å². The van der Waals surface area contributed by atoms with Gasteiger partial charge in [-0.2, -0.15) is 0 Å². The second-order valence-electron chi connectivity index (χ2n) is 20.6. The Morgan fingerprint density at radius 2 is 0.911 bits per heavy atom. The number of carbonyl (C=O) groups excluding carboxylic acids is 2. The third kappa shape index (κ3) is 19.8. The summed E-state index contributed by atoms with van der Waals surface area (Å²) < 4.78 is 91.8. The predicted molar refractivity (Wildman–Crippen MR) is 308 cm³/mol. The van der Waals surface area contributed by atoms with Crippen molar-refractivity contribution >= 4 is 78.0 Å². The van der Waals surface area contributed by atoms with Gasteiger partial charge in [-0.15, -0.1) is 0 Å². The Morgan fingerprint density at radius 3 is 1.27 bits per heavy atom. The Balaban J connectivity index is 0.726. The number of nitrogens with zero attached hydrogens (tertiary/aromatic N) is 2. The molecule has 0 heterocycles. The number of halogens is 4. The number of fused-ring (bicyclic) bond motifs is 2. The number of Topliss-reactive ketones (excluding diaryl/α,β-unsaturated/α-hetero) is 2. The molecule has 2 aliphatic carbocycles. The fraction of sp³-hybridized carbons (Fsp3) is 0.536. The molecule has 2 aliphatic rings. The molecule has 0 unspecified atom stereocenters. The second-order valence-corrected chi connectivity index (χ2v) is 25.8. The first-order valence-corrected chi connectivity index (χ1v) is 31.0. The molecule has 23 heteroatoms. The molecule has 4 aromatic carbocycles. The van der Waals surface area contributed by atoms with Crippen LogP contribution in [0.3, 0.4) is 0 Å². The van der Waals surface area contributed by atoms with Crippen LogP contribution in [0, 0.1) is 0 Å². The number of benzene rings is 4. The quantitative estimate of drug-likeness (QED) is 0.0363. The van der Waals surface area contributed by atoms with E-state index in [1.807, 2.05) is 47.2 Å². The van der Waals surface area contributed by atoms with Gasteiger partial charge in [0.15, 0.2) is 0 Å². The van der Waals surface area contributed by atoms with Crippen LogP contribution >= 0.6 is 46.4 Å². The lowest BCUT2D eigenvalue weighted by molar-refractivity contribution is -0.119. The molecule has 4 atom stereocenters. The predicted octanol–water partition coefficient (Wildman–Crippen LogP) is 8.81. The van der Waals surface area contributed by atoms with Crippen molar-refractivity contribution in [3.63, 3.8) is 0 Å². The molecule has 0 amide bonds. The number of carbonyl (C=O) groups is 2. The molecule has 0 aliphatic heterocycles. The molecule has 0 bridgehead atoms. The summed E-state index contributed by atoms with van der Waals surface area (Å²) in [5.41, 5.74) is 9.60. The highest BCUT2D eigenvalue weighted by Crippen LogP contribution is 2.44. The summed E-state index contributed by atoms with van der Waals surface area (Å²) >= 11 is 25.6. The average Bonchev–Trinajstić information content (AvgIpc) is 4.20. The third-order valence-corrected chi connectivity index (χ3v) is 18.0. The summed E-state index contributed by atoms with van der Waals surface area (Å²) in [5.74, 6) is 1.18. The van der Waals surface area contributed by atoms with Crippen LogP contribution in [0.15, 0.2) is 82.6 Å². The number of likely N-dealkylation sites (N-methyl/N-ethyl adjacent to an activating group) is 2. The Labute approximate surface area is 486 Å². The molecule has 79 heavy (non-hydrogen) atoms. The maximum Gasteiger partial charge on any atom is 0.240 e. The van der Waals surface area contributed by atoms with Crippen LogP contribution < -0.4 is 24.7 Å². The highest BCUT2D eigenvalue weighted by molar-refractivity contribution is 7.89. The molecule has 6 rings (SSSR count). The van der Waals surface area contributed by atoms with Crippen LogP contribution in [0.2, 0.25) is 20.1 Å². The number of ketones is 2. The SMILES string of the molecule is CN(C)[C@H]1Cc2c(Cl)cc(Cl)cc2[C@@H]1Oc1ccc(S(=O)(=O)NCCOCCOCCCC(=O)CCC(C)(N)CCC(=O)CCCOCCOCCNS(=O)(=O)c2ccc(O[C@H]3c4cc(Cl)cc(Cl)c4C[C@@H]3N(C)C)cc2)cc1. The van der Waals surface area contributed by atoms with E-state index in [1.165, 1.54) is 24.3 Å². The third-order valence-electron chi connectivity index (χ3n) is 13.9. The molecular formula is C56H75Cl4N5O12S2. The van der Waals surface area contributed by atoms with Crippen molar-refractivity contribution in [3.8, 4) is 11.5 Å². The van der Waals surface area contributed by atoms with Crippen LogP contribution in [0.25, 0.3) is 0 Å². The summed E-state index contributed by atoms with van der Waals surface area (Å²) in [6, 6.07) is 19.7. The lowest BCUT2D eigenvalue weighted by Crippen LogP contribution is -2.37. The van der Waals surface area contributed by atoms with E-state index in [2.05, 4.69) is 19.2 Å². The number of nitrogens with two attached hydrogens (primary N) is 1. The van der Waals surface area contributed by atoms with Gasteiger partial charge in [-0.05, 0) is 158 Å². The second kappa shape index (κ2) is 30.7. The van der Waals surface area contributed by atoms with Gasteiger partial charge in [0.2, 0.25) is 20.0 Å². The Kier molecular flexibility index (Phi) is 25.1. The van der Waals surface area contributed by atoms with Gasteiger partial charge in [0.25, 0.3) is 0 Å². The molecule has 0 radical (unpaired) electrons. The van der Waals surface area contributed by atoms with E-state index in [1.54, 1.807) is 36.4 Å². The van der Waals surface area contributed by atoms with Crippen LogP contribution in [0.5, 0.6) is 11.5 Å². The van der Waals surface area contributed by atoms with Crippen LogP contribution in [0.4, 0.5) is 0 Å². The molecule has 0 saturated carbocycles. The highest BCUT2D eigenvalue weighted by Gasteiger charge is 2.39. The molecule has 0 fully saturated rings. The van der Waals surface area contributed by atoms with Gasteiger partial charge in [0.05, 0.1) is 61.5 Å². The van der Waals surface area contributed by atoms with E-state index in [0.29, 0.717) is 122 Å². The molecule has 436 valence electrons. The first kappa shape index (κ1) is 64.7. The molecular weight excluding hydrogens is 1140 g/mol. The zero-order chi connectivity index (χ0) is 57.3. The van der Waals surface area contributed by atoms with Gasteiger partial charge in [0, 0.05) is 88.7 Å². The minimum atomic E-state index is -3.79. The lowest BCUT2D eigenvalue weighted by Gasteiger charge is -2.27. The van der Waals surface area contributed by atoms with E-state index in [-0.39, 0.29) is 85.2 Å². The van der Waals surface area contributed by atoms with E-state index in [0.717, 1.165) is 22.3 Å². The monoisotopic (exact) mass is 1210 g/mol. The maximum absolute atomic E-state index is 12.9. The van der Waals surface area contributed by atoms with Gasteiger partial charge < -0.3 is 44.0 Å². The molecule has 0 saturated heterocycles. The van der Waals surface area contributed by atoms with Crippen molar-refractivity contribution in [1.82, 2.24) is 19.2 Å². The summed E-state index contributed by atoms with van der Waals surface area (Å²) in [4.78, 5) is 29.5. The Hall–Kier alpha value is -3.48. The molecule has 0 aromatic heterocycles. The molecule has 0 spiro atoms. The van der Waals surface area contributed by atoms with Crippen molar-refractivity contribution in [2.45, 2.75) is 111 Å². The van der Waals surface area contributed by atoms with Crippen molar-refractivity contribution in [3.05, 3.63) is 115 Å². The fourth-order valence-corrected chi connectivity index (χ4v) is 12.6. The standard InChI is InChI=1S/C56H75Cl4N5O12S2/c1-56(61,20-18-40(66)8-6-24-72-28-30-74-26-22-62-78(68,69)44-14-10-42(11-15-44)76-54-48-32-38(57)34-50(59)46(48)36-52(54)64(2)3)21-19-41(67)9-7-25-73-29-31-75-27-23-63-79(70,71)45-16-12-43(13-17-45)77-55-49-33-39(58)35-51(60)47(49)37-53(55)65(4)5/h10-17,32-35,52-55,62-63H,6-9,18-31,36-37,61H2,1-5H3/t52-,53-,54-,55-/m0/s1. The number of rotatable bonds is 36. The normalized spacial score (nSPS) is 17.4. The Bertz CT molecular complexity index is 2670. The fourth-order valence-electron chi connectivity index (χ4n) is 9.39. The Morgan fingerprint density at radius 1 is 0.557 bits per heavy atom. The number of nitrogens with one attached hydrogen (secondary N) is 2. The number of ether oxygens (including phenoxy) is 6. The smallest absolute Gasteiger partial charge is 0.240 e. The highest BCUT2D eigenvalue weighted by atomic mass is 35.5. The number of hydrogen-bond acceptors (Lipinski definition) is 15. The van der Waals surface area contributed by atoms with Crippen LogP contribution in [-0.2, 0) is 61.4 Å². The molecule has 17 nitrogen and oxygen atoms in total. The van der Waals surface area contributed by atoms with Gasteiger partial charge in [-0.25, -0.2) is 26.3 Å². The minimum Gasteiger partial charge on any atom is -0.484 e. The van der Waals surface area contributed by atoms with Gasteiger partial charge >= 0.3 is 0 Å². The lowest BCUT2D eigenvalue weighted by atomic mass is 9.89.